The van der Waals surface area contributed by atoms with Crippen LogP contribution in [-0.2, 0) is 6.42 Å². The lowest BCUT2D eigenvalue weighted by Crippen LogP contribution is -2.06. The third-order valence-electron chi connectivity index (χ3n) is 2.93. The van der Waals surface area contributed by atoms with E-state index in [1.165, 1.54) is 0 Å². The summed E-state index contributed by atoms with van der Waals surface area (Å²) in [5, 5.41) is 0.359. The third-order valence-corrected chi connectivity index (χ3v) is 3.24. The van der Waals surface area contributed by atoms with Crippen molar-refractivity contribution < 1.29 is 9.53 Å². The smallest absolute Gasteiger partial charge is 0.216 e. The van der Waals surface area contributed by atoms with Crippen LogP contribution < -0.4 is 4.74 Å². The Labute approximate surface area is 109 Å². The predicted molar refractivity (Wildman–Crippen MR) is 68.3 cm³/mol. The second-order valence-electron chi connectivity index (χ2n) is 4.06. The second-order valence-corrected chi connectivity index (χ2v) is 4.46. The zero-order valence-corrected chi connectivity index (χ0v) is 10.3. The molecule has 1 aliphatic heterocycles. The van der Waals surface area contributed by atoms with E-state index in [9.17, 15) is 4.79 Å². The van der Waals surface area contributed by atoms with E-state index in [0.29, 0.717) is 22.9 Å². The number of benzene rings is 1. The van der Waals surface area contributed by atoms with Crippen molar-refractivity contribution >= 4 is 17.4 Å². The van der Waals surface area contributed by atoms with Crippen molar-refractivity contribution in [3.63, 3.8) is 0 Å². The summed E-state index contributed by atoms with van der Waals surface area (Å²) in [5.41, 5.74) is 1.86. The molecular formula is C14H10ClNO2. The van der Waals surface area contributed by atoms with Crippen LogP contribution in [0.15, 0.2) is 36.5 Å². The quantitative estimate of drug-likeness (QED) is 0.779. The minimum absolute atomic E-state index is 0.195. The highest BCUT2D eigenvalue weighted by molar-refractivity contribution is 6.34. The van der Waals surface area contributed by atoms with E-state index in [1.807, 2.05) is 12.1 Å². The van der Waals surface area contributed by atoms with Gasteiger partial charge in [-0.1, -0.05) is 23.7 Å². The molecule has 18 heavy (non-hydrogen) atoms. The molecule has 0 amide bonds. The highest BCUT2D eigenvalue weighted by atomic mass is 35.5. The Morgan fingerprint density at radius 3 is 3.00 bits per heavy atom. The number of carbonyl (C=O) groups is 1. The van der Waals surface area contributed by atoms with Crippen LogP contribution in [0.4, 0.5) is 0 Å². The van der Waals surface area contributed by atoms with Gasteiger partial charge in [-0.15, -0.1) is 0 Å². The minimum Gasteiger partial charge on any atom is -0.492 e. The van der Waals surface area contributed by atoms with Crippen LogP contribution in [0.3, 0.4) is 0 Å². The second kappa shape index (κ2) is 4.42. The number of hydrogen-bond donors (Lipinski definition) is 0. The monoisotopic (exact) mass is 259 g/mol. The molecule has 4 heteroatoms. The maximum atomic E-state index is 12.4. The number of aromatic nitrogens is 1. The summed E-state index contributed by atoms with van der Waals surface area (Å²) in [6.07, 6.45) is 2.40. The molecule has 1 aromatic carbocycles. The van der Waals surface area contributed by atoms with E-state index in [2.05, 4.69) is 4.98 Å². The first-order valence-corrected chi connectivity index (χ1v) is 6.05. The highest BCUT2D eigenvalue weighted by Crippen LogP contribution is 2.31. The lowest BCUT2D eigenvalue weighted by atomic mass is 10.0. The zero-order chi connectivity index (χ0) is 12.5. The number of carbonyl (C=O) groups excluding carboxylic acids is 1. The normalized spacial score (nSPS) is 12.9. The zero-order valence-electron chi connectivity index (χ0n) is 9.52. The van der Waals surface area contributed by atoms with E-state index < -0.39 is 0 Å². The maximum absolute atomic E-state index is 12.4. The Balaban J connectivity index is 2.09. The van der Waals surface area contributed by atoms with Crippen LogP contribution >= 0.6 is 11.6 Å². The summed E-state index contributed by atoms with van der Waals surface area (Å²) < 4.78 is 5.52. The molecule has 0 fully saturated rings. The van der Waals surface area contributed by atoms with Gasteiger partial charge in [-0.25, -0.2) is 0 Å². The van der Waals surface area contributed by atoms with Crippen molar-refractivity contribution in [3.05, 3.63) is 58.4 Å². The number of halogens is 1. The van der Waals surface area contributed by atoms with Gasteiger partial charge in [0.1, 0.15) is 11.4 Å². The van der Waals surface area contributed by atoms with Crippen LogP contribution in [0.1, 0.15) is 21.6 Å². The van der Waals surface area contributed by atoms with Gasteiger partial charge in [0.25, 0.3) is 0 Å². The molecule has 3 rings (SSSR count). The Hall–Kier alpha value is -1.87. The Morgan fingerprint density at radius 2 is 2.17 bits per heavy atom. The topological polar surface area (TPSA) is 39.2 Å². The van der Waals surface area contributed by atoms with E-state index in [0.717, 1.165) is 12.0 Å². The Morgan fingerprint density at radius 1 is 1.28 bits per heavy atom. The summed E-state index contributed by atoms with van der Waals surface area (Å²) in [6.45, 7) is 0.621. The molecule has 90 valence electrons. The fraction of sp³-hybridized carbons (Fsp3) is 0.143. The van der Waals surface area contributed by atoms with Gasteiger partial charge in [0.2, 0.25) is 5.78 Å². The number of fused-ring (bicyclic) bond motifs is 1. The number of hydrogen-bond acceptors (Lipinski definition) is 3. The molecule has 0 atom stereocenters. The fourth-order valence-corrected chi connectivity index (χ4v) is 2.28. The van der Waals surface area contributed by atoms with Crippen LogP contribution in [0.5, 0.6) is 5.75 Å². The van der Waals surface area contributed by atoms with Gasteiger partial charge < -0.3 is 4.74 Å². The number of pyridine rings is 1. The Kier molecular flexibility index (Phi) is 2.76. The molecule has 0 bridgehead atoms. The molecule has 2 heterocycles. The predicted octanol–water partition coefficient (Wildman–Crippen LogP) is 2.90. The molecule has 1 aliphatic rings. The molecule has 0 saturated carbocycles. The number of nitrogens with zero attached hydrogens (tertiary/aromatic N) is 1. The van der Waals surface area contributed by atoms with Crippen LogP contribution in [0, 0.1) is 0 Å². The van der Waals surface area contributed by atoms with Crippen LogP contribution in [-0.4, -0.2) is 17.4 Å². The van der Waals surface area contributed by atoms with Gasteiger partial charge in [-0.2, -0.15) is 0 Å². The van der Waals surface area contributed by atoms with Crippen molar-refractivity contribution in [1.82, 2.24) is 4.98 Å². The van der Waals surface area contributed by atoms with Gasteiger partial charge in [-0.05, 0) is 23.8 Å². The molecule has 0 radical (unpaired) electrons. The Bertz CT molecular complexity index is 625. The summed E-state index contributed by atoms with van der Waals surface area (Å²) in [7, 11) is 0. The van der Waals surface area contributed by atoms with E-state index in [-0.39, 0.29) is 11.5 Å². The van der Waals surface area contributed by atoms with E-state index in [4.69, 9.17) is 16.3 Å². The maximum Gasteiger partial charge on any atom is 0.216 e. The van der Waals surface area contributed by atoms with Crippen molar-refractivity contribution in [2.24, 2.45) is 0 Å². The molecule has 0 N–H and O–H groups in total. The fourth-order valence-electron chi connectivity index (χ4n) is 2.07. The first-order valence-electron chi connectivity index (χ1n) is 5.67. The average Bonchev–Trinajstić information content (AvgIpc) is 2.86. The summed E-state index contributed by atoms with van der Waals surface area (Å²) in [5.74, 6) is 0.476. The van der Waals surface area contributed by atoms with Crippen molar-refractivity contribution in [1.29, 1.82) is 0 Å². The van der Waals surface area contributed by atoms with Crippen molar-refractivity contribution in [2.45, 2.75) is 6.42 Å². The number of rotatable bonds is 2. The molecule has 1 aromatic heterocycles. The van der Waals surface area contributed by atoms with Crippen molar-refractivity contribution in [3.8, 4) is 5.75 Å². The van der Waals surface area contributed by atoms with Crippen LogP contribution in [0.2, 0.25) is 5.02 Å². The molecular weight excluding hydrogens is 250 g/mol. The first kappa shape index (κ1) is 11.2. The summed E-state index contributed by atoms with van der Waals surface area (Å²) >= 11 is 6.00. The van der Waals surface area contributed by atoms with Crippen LogP contribution in [0.25, 0.3) is 0 Å². The standard InChI is InChI=1S/C14H10ClNO2/c15-11-5-2-7-16-12(11)13(17)10-4-1-3-9-6-8-18-14(9)10/h1-5,7H,6,8H2. The molecule has 0 unspecified atom stereocenters. The summed E-state index contributed by atoms with van der Waals surface area (Å²) in [6, 6.07) is 8.94. The van der Waals surface area contributed by atoms with Gasteiger partial charge in [-0.3, -0.25) is 9.78 Å². The van der Waals surface area contributed by atoms with E-state index >= 15 is 0 Å². The molecule has 0 spiro atoms. The minimum atomic E-state index is -0.195. The molecule has 0 saturated heterocycles. The first-order chi connectivity index (χ1) is 8.77. The van der Waals surface area contributed by atoms with Gasteiger partial charge >= 0.3 is 0 Å². The average molecular weight is 260 g/mol. The largest absolute Gasteiger partial charge is 0.492 e. The molecule has 2 aromatic rings. The van der Waals surface area contributed by atoms with Crippen molar-refractivity contribution in [2.75, 3.05) is 6.61 Å². The highest BCUT2D eigenvalue weighted by Gasteiger charge is 2.23. The third kappa shape index (κ3) is 1.77. The van der Waals surface area contributed by atoms with Gasteiger partial charge in [0.05, 0.1) is 17.2 Å². The molecule has 0 aliphatic carbocycles. The van der Waals surface area contributed by atoms with Gasteiger partial charge in [0, 0.05) is 12.6 Å². The van der Waals surface area contributed by atoms with E-state index in [1.54, 1.807) is 24.4 Å². The number of para-hydroxylation sites is 1. The van der Waals surface area contributed by atoms with Gasteiger partial charge in [0.15, 0.2) is 0 Å². The number of ether oxygens (including phenoxy) is 1. The SMILES string of the molecule is O=C(c1cccc2c1OCC2)c1ncccc1Cl. The lowest BCUT2D eigenvalue weighted by molar-refractivity contribution is 0.103. The summed E-state index contributed by atoms with van der Waals surface area (Å²) in [4.78, 5) is 16.4. The molecule has 3 nitrogen and oxygen atoms in total. The number of ketones is 1. The lowest BCUT2D eigenvalue weighted by Gasteiger charge is -2.07.